The molecule has 1 aromatic rings. The SMILES string of the molecule is CNC(CCO)CSc1ccc(C)cc1C. The third kappa shape index (κ3) is 4.16. The second-order valence-electron chi connectivity index (χ2n) is 4.08. The van der Waals surface area contributed by atoms with E-state index in [0.29, 0.717) is 6.04 Å². The number of hydrogen-bond donors (Lipinski definition) is 2. The number of thioether (sulfide) groups is 1. The fourth-order valence-electron chi connectivity index (χ4n) is 1.62. The van der Waals surface area contributed by atoms with Crippen molar-refractivity contribution in [3.63, 3.8) is 0 Å². The van der Waals surface area contributed by atoms with Crippen LogP contribution in [0.15, 0.2) is 23.1 Å². The van der Waals surface area contributed by atoms with E-state index in [1.807, 2.05) is 18.8 Å². The van der Waals surface area contributed by atoms with Gasteiger partial charge in [0.25, 0.3) is 0 Å². The molecule has 3 heteroatoms. The standard InChI is InChI=1S/C13H21NOS/c1-10-4-5-13(11(2)8-10)16-9-12(14-3)6-7-15/h4-5,8,12,14-15H,6-7,9H2,1-3H3. The van der Waals surface area contributed by atoms with E-state index in [2.05, 4.69) is 37.4 Å². The van der Waals surface area contributed by atoms with E-state index in [-0.39, 0.29) is 6.61 Å². The summed E-state index contributed by atoms with van der Waals surface area (Å²) in [7, 11) is 1.95. The summed E-state index contributed by atoms with van der Waals surface area (Å²) < 4.78 is 0. The van der Waals surface area contributed by atoms with Gasteiger partial charge in [0.15, 0.2) is 0 Å². The Kier molecular flexibility index (Phi) is 5.88. The molecule has 0 spiro atoms. The highest BCUT2D eigenvalue weighted by Gasteiger charge is 2.07. The fourth-order valence-corrected chi connectivity index (χ4v) is 2.78. The van der Waals surface area contributed by atoms with E-state index < -0.39 is 0 Å². The summed E-state index contributed by atoms with van der Waals surface area (Å²) in [4.78, 5) is 1.34. The van der Waals surface area contributed by atoms with E-state index >= 15 is 0 Å². The third-order valence-electron chi connectivity index (χ3n) is 2.66. The van der Waals surface area contributed by atoms with Crippen molar-refractivity contribution in [1.29, 1.82) is 0 Å². The zero-order valence-electron chi connectivity index (χ0n) is 10.3. The van der Waals surface area contributed by atoms with Crippen molar-refractivity contribution in [2.24, 2.45) is 0 Å². The van der Waals surface area contributed by atoms with Crippen LogP contribution in [0.3, 0.4) is 0 Å². The zero-order chi connectivity index (χ0) is 12.0. The second-order valence-corrected chi connectivity index (χ2v) is 5.14. The molecule has 2 nitrogen and oxygen atoms in total. The minimum absolute atomic E-state index is 0.249. The Labute approximate surface area is 102 Å². The van der Waals surface area contributed by atoms with Gasteiger partial charge in [-0.15, -0.1) is 11.8 Å². The summed E-state index contributed by atoms with van der Waals surface area (Å²) in [6.45, 7) is 4.51. The molecule has 0 amide bonds. The molecule has 0 aliphatic heterocycles. The van der Waals surface area contributed by atoms with Crippen LogP contribution in [0.4, 0.5) is 0 Å². The molecular weight excluding hydrogens is 218 g/mol. The van der Waals surface area contributed by atoms with Crippen LogP contribution in [0.25, 0.3) is 0 Å². The molecule has 0 bridgehead atoms. The minimum atomic E-state index is 0.249. The largest absolute Gasteiger partial charge is 0.396 e. The van der Waals surface area contributed by atoms with Gasteiger partial charge in [-0.1, -0.05) is 17.7 Å². The number of aliphatic hydroxyl groups is 1. The first-order valence-corrected chi connectivity index (χ1v) is 6.64. The summed E-state index contributed by atoms with van der Waals surface area (Å²) in [5, 5.41) is 12.1. The number of aliphatic hydroxyl groups excluding tert-OH is 1. The first-order chi connectivity index (χ1) is 7.67. The van der Waals surface area contributed by atoms with Gasteiger partial charge in [0.2, 0.25) is 0 Å². The summed E-state index contributed by atoms with van der Waals surface area (Å²) in [6.07, 6.45) is 0.814. The van der Waals surface area contributed by atoms with Crippen molar-refractivity contribution in [3.05, 3.63) is 29.3 Å². The molecule has 2 N–H and O–H groups in total. The highest BCUT2D eigenvalue weighted by Crippen LogP contribution is 2.24. The highest BCUT2D eigenvalue weighted by molar-refractivity contribution is 7.99. The molecule has 0 saturated carbocycles. The quantitative estimate of drug-likeness (QED) is 0.748. The van der Waals surface area contributed by atoms with E-state index in [9.17, 15) is 0 Å². The molecular formula is C13H21NOS. The maximum absolute atomic E-state index is 8.91. The Bertz CT molecular complexity index is 328. The van der Waals surface area contributed by atoms with Crippen molar-refractivity contribution in [3.8, 4) is 0 Å². The molecule has 0 heterocycles. The minimum Gasteiger partial charge on any atom is -0.396 e. The Morgan fingerprint density at radius 2 is 2.12 bits per heavy atom. The van der Waals surface area contributed by atoms with Crippen molar-refractivity contribution in [2.45, 2.75) is 31.2 Å². The first-order valence-electron chi connectivity index (χ1n) is 5.65. The Morgan fingerprint density at radius 3 is 2.69 bits per heavy atom. The van der Waals surface area contributed by atoms with Crippen molar-refractivity contribution in [1.82, 2.24) is 5.32 Å². The molecule has 1 rings (SSSR count). The van der Waals surface area contributed by atoms with Crippen LogP contribution in [-0.4, -0.2) is 30.6 Å². The summed E-state index contributed by atoms with van der Waals surface area (Å²) in [5.74, 6) is 1.00. The van der Waals surface area contributed by atoms with Crippen LogP contribution < -0.4 is 5.32 Å². The molecule has 0 saturated heterocycles. The van der Waals surface area contributed by atoms with Crippen LogP contribution in [0.1, 0.15) is 17.5 Å². The van der Waals surface area contributed by atoms with Crippen molar-refractivity contribution in [2.75, 3.05) is 19.4 Å². The van der Waals surface area contributed by atoms with Crippen LogP contribution >= 0.6 is 11.8 Å². The van der Waals surface area contributed by atoms with E-state index in [0.717, 1.165) is 12.2 Å². The van der Waals surface area contributed by atoms with Crippen LogP contribution in [0.2, 0.25) is 0 Å². The Hall–Kier alpha value is -0.510. The number of hydrogen-bond acceptors (Lipinski definition) is 3. The van der Waals surface area contributed by atoms with Crippen molar-refractivity contribution < 1.29 is 5.11 Å². The molecule has 0 radical (unpaired) electrons. The number of rotatable bonds is 6. The lowest BCUT2D eigenvalue weighted by Crippen LogP contribution is -2.28. The molecule has 1 atom stereocenters. The van der Waals surface area contributed by atoms with Gasteiger partial charge in [0.05, 0.1) is 0 Å². The lowest BCUT2D eigenvalue weighted by Gasteiger charge is -2.15. The zero-order valence-corrected chi connectivity index (χ0v) is 11.1. The van der Waals surface area contributed by atoms with Gasteiger partial charge in [0.1, 0.15) is 0 Å². The highest BCUT2D eigenvalue weighted by atomic mass is 32.2. The topological polar surface area (TPSA) is 32.3 Å². The fraction of sp³-hybridized carbons (Fsp3) is 0.538. The molecule has 0 aliphatic carbocycles. The second kappa shape index (κ2) is 6.94. The van der Waals surface area contributed by atoms with Crippen LogP contribution in [0.5, 0.6) is 0 Å². The number of nitrogens with one attached hydrogen (secondary N) is 1. The Morgan fingerprint density at radius 1 is 1.38 bits per heavy atom. The maximum Gasteiger partial charge on any atom is 0.0446 e. The van der Waals surface area contributed by atoms with Gasteiger partial charge in [-0.25, -0.2) is 0 Å². The predicted octanol–water partition coefficient (Wildman–Crippen LogP) is 2.37. The molecule has 16 heavy (non-hydrogen) atoms. The molecule has 1 unspecified atom stereocenters. The average molecular weight is 239 g/mol. The average Bonchev–Trinajstić information content (AvgIpc) is 2.26. The maximum atomic E-state index is 8.91. The molecule has 0 aromatic heterocycles. The predicted molar refractivity (Wildman–Crippen MR) is 71.2 cm³/mol. The van der Waals surface area contributed by atoms with Crippen LogP contribution in [0, 0.1) is 13.8 Å². The summed E-state index contributed by atoms with van der Waals surface area (Å²) in [5.41, 5.74) is 2.64. The van der Waals surface area contributed by atoms with Gasteiger partial charge in [-0.2, -0.15) is 0 Å². The van der Waals surface area contributed by atoms with Gasteiger partial charge in [0, 0.05) is 23.3 Å². The van der Waals surface area contributed by atoms with E-state index in [1.54, 1.807) is 0 Å². The lowest BCUT2D eigenvalue weighted by atomic mass is 10.2. The Balaban J connectivity index is 2.53. The van der Waals surface area contributed by atoms with Gasteiger partial charge in [-0.3, -0.25) is 0 Å². The lowest BCUT2D eigenvalue weighted by molar-refractivity contribution is 0.273. The van der Waals surface area contributed by atoms with Crippen LogP contribution in [-0.2, 0) is 0 Å². The molecule has 0 aliphatic rings. The van der Waals surface area contributed by atoms with Crippen molar-refractivity contribution >= 4 is 11.8 Å². The first kappa shape index (κ1) is 13.6. The summed E-state index contributed by atoms with van der Waals surface area (Å²) >= 11 is 1.85. The third-order valence-corrected chi connectivity index (χ3v) is 3.99. The number of aryl methyl sites for hydroxylation is 2. The van der Waals surface area contributed by atoms with E-state index in [1.165, 1.54) is 16.0 Å². The molecule has 0 fully saturated rings. The van der Waals surface area contributed by atoms with Gasteiger partial charge < -0.3 is 10.4 Å². The van der Waals surface area contributed by atoms with E-state index in [4.69, 9.17) is 5.11 Å². The summed E-state index contributed by atoms with van der Waals surface area (Å²) in [6, 6.07) is 6.93. The van der Waals surface area contributed by atoms with Gasteiger partial charge in [-0.05, 0) is 38.9 Å². The molecule has 90 valence electrons. The smallest absolute Gasteiger partial charge is 0.0446 e. The normalized spacial score (nSPS) is 12.8. The number of benzene rings is 1. The monoisotopic (exact) mass is 239 g/mol. The molecule has 1 aromatic carbocycles. The van der Waals surface area contributed by atoms with Gasteiger partial charge >= 0.3 is 0 Å².